The number of benzene rings is 2. The Morgan fingerprint density at radius 1 is 1.03 bits per heavy atom. The number of amides is 1. The highest BCUT2D eigenvalue weighted by Crippen LogP contribution is 2.32. The molecule has 32 heavy (non-hydrogen) atoms. The Hall–Kier alpha value is -4.40. The lowest BCUT2D eigenvalue weighted by Gasteiger charge is -2.09. The van der Waals surface area contributed by atoms with Crippen LogP contribution in [0.25, 0.3) is 0 Å². The van der Waals surface area contributed by atoms with E-state index in [4.69, 9.17) is 14.2 Å². The molecule has 0 atom stereocenters. The van der Waals surface area contributed by atoms with Gasteiger partial charge in [-0.25, -0.2) is 15.0 Å². The van der Waals surface area contributed by atoms with Crippen molar-refractivity contribution in [2.24, 2.45) is 0 Å². The molecular weight excluding hydrogens is 410 g/mol. The highest BCUT2D eigenvalue weighted by molar-refractivity contribution is 6.03. The Labute approximate surface area is 183 Å². The van der Waals surface area contributed by atoms with Crippen LogP contribution in [0, 0.1) is 0 Å². The Balaban J connectivity index is 1.19. The van der Waals surface area contributed by atoms with Gasteiger partial charge in [-0.05, 0) is 35.4 Å². The van der Waals surface area contributed by atoms with Gasteiger partial charge >= 0.3 is 0 Å². The molecule has 5 rings (SSSR count). The monoisotopic (exact) mass is 429 g/mol. The molecule has 2 aromatic carbocycles. The molecule has 160 valence electrons. The molecule has 1 aliphatic rings. The van der Waals surface area contributed by atoms with E-state index in [0.717, 1.165) is 16.9 Å². The van der Waals surface area contributed by atoms with E-state index in [1.54, 1.807) is 30.7 Å². The summed E-state index contributed by atoms with van der Waals surface area (Å²) in [7, 11) is 0. The molecule has 0 spiro atoms. The van der Waals surface area contributed by atoms with Gasteiger partial charge in [0.25, 0.3) is 5.91 Å². The number of rotatable bonds is 7. The molecule has 0 aliphatic carbocycles. The summed E-state index contributed by atoms with van der Waals surface area (Å²) in [6, 6.07) is 14.6. The molecule has 0 radical (unpaired) electrons. The van der Waals surface area contributed by atoms with Crippen molar-refractivity contribution in [3.63, 3.8) is 0 Å². The fraction of sp³-hybridized carbons (Fsp3) is 0.130. The van der Waals surface area contributed by atoms with Gasteiger partial charge in [-0.15, -0.1) is 0 Å². The lowest BCUT2D eigenvalue weighted by molar-refractivity contribution is 0.102. The third-order valence-corrected chi connectivity index (χ3v) is 4.85. The molecule has 0 bridgehead atoms. The number of imidazole rings is 1. The van der Waals surface area contributed by atoms with Crippen LogP contribution in [0.1, 0.15) is 21.5 Å². The van der Waals surface area contributed by atoms with Gasteiger partial charge in [0.2, 0.25) is 12.7 Å². The number of hydrogen-bond donors (Lipinski definition) is 1. The molecule has 4 aromatic rings. The smallest absolute Gasteiger partial charge is 0.256 e. The third kappa shape index (κ3) is 4.51. The highest BCUT2D eigenvalue weighted by atomic mass is 16.7. The molecule has 3 heterocycles. The zero-order valence-corrected chi connectivity index (χ0v) is 17.0. The van der Waals surface area contributed by atoms with E-state index in [2.05, 4.69) is 20.3 Å². The average molecular weight is 429 g/mol. The molecule has 1 aliphatic heterocycles. The predicted octanol–water partition coefficient (Wildman–Crippen LogP) is 3.28. The summed E-state index contributed by atoms with van der Waals surface area (Å²) >= 11 is 0. The fourth-order valence-electron chi connectivity index (χ4n) is 3.22. The van der Waals surface area contributed by atoms with Gasteiger partial charge in [-0.3, -0.25) is 4.79 Å². The molecule has 2 aromatic heterocycles. The van der Waals surface area contributed by atoms with Crippen LogP contribution >= 0.6 is 0 Å². The molecule has 9 nitrogen and oxygen atoms in total. The van der Waals surface area contributed by atoms with Crippen molar-refractivity contribution in [3.05, 3.63) is 90.3 Å². The molecule has 1 N–H and O–H groups in total. The Morgan fingerprint density at radius 3 is 2.72 bits per heavy atom. The number of carbonyl (C=O) groups excluding carboxylic acids is 1. The lowest BCUT2D eigenvalue weighted by atomic mass is 10.1. The van der Waals surface area contributed by atoms with E-state index in [-0.39, 0.29) is 12.7 Å². The summed E-state index contributed by atoms with van der Waals surface area (Å²) in [5.41, 5.74) is 2.51. The summed E-state index contributed by atoms with van der Waals surface area (Å²) in [6.07, 6.45) is 6.72. The van der Waals surface area contributed by atoms with Crippen LogP contribution in [-0.4, -0.2) is 32.2 Å². The topological polar surface area (TPSA) is 100 Å². The summed E-state index contributed by atoms with van der Waals surface area (Å²) < 4.78 is 18.4. The minimum atomic E-state index is -0.264. The normalized spacial score (nSPS) is 11.9. The van der Waals surface area contributed by atoms with Crippen LogP contribution < -0.4 is 19.5 Å². The Bertz CT molecular complexity index is 1230. The van der Waals surface area contributed by atoms with Crippen molar-refractivity contribution in [1.82, 2.24) is 19.5 Å². The number of hydrogen-bond acceptors (Lipinski definition) is 7. The predicted molar refractivity (Wildman–Crippen MR) is 115 cm³/mol. The number of ether oxygens (including phenoxy) is 3. The number of carbonyl (C=O) groups is 1. The molecule has 0 fully saturated rings. The molecule has 0 saturated carbocycles. The first-order valence-corrected chi connectivity index (χ1v) is 9.92. The second-order valence-electron chi connectivity index (χ2n) is 7.10. The van der Waals surface area contributed by atoms with Crippen molar-refractivity contribution >= 4 is 11.7 Å². The van der Waals surface area contributed by atoms with Crippen molar-refractivity contribution in [3.8, 4) is 17.4 Å². The van der Waals surface area contributed by atoms with E-state index >= 15 is 0 Å². The lowest BCUT2D eigenvalue weighted by Crippen LogP contribution is -2.13. The van der Waals surface area contributed by atoms with Gasteiger partial charge in [0.15, 0.2) is 11.5 Å². The van der Waals surface area contributed by atoms with E-state index in [1.807, 2.05) is 41.1 Å². The summed E-state index contributed by atoms with van der Waals surface area (Å²) in [6.45, 7) is 1.21. The Kier molecular flexibility index (Phi) is 5.36. The first kappa shape index (κ1) is 19.6. The van der Waals surface area contributed by atoms with Gasteiger partial charge in [0, 0.05) is 30.6 Å². The van der Waals surface area contributed by atoms with Gasteiger partial charge in [0.1, 0.15) is 18.8 Å². The maximum absolute atomic E-state index is 12.6. The largest absolute Gasteiger partial charge is 0.473 e. The summed E-state index contributed by atoms with van der Waals surface area (Å²) in [5.74, 6) is 1.85. The number of nitrogens with one attached hydrogen (secondary N) is 1. The average Bonchev–Trinajstić information content (AvgIpc) is 3.50. The maximum atomic E-state index is 12.6. The Morgan fingerprint density at radius 2 is 1.88 bits per heavy atom. The van der Waals surface area contributed by atoms with Gasteiger partial charge in [-0.1, -0.05) is 18.2 Å². The van der Waals surface area contributed by atoms with E-state index in [1.165, 1.54) is 6.33 Å². The van der Waals surface area contributed by atoms with Crippen LogP contribution in [0.5, 0.6) is 17.4 Å². The molecule has 1 amide bonds. The molecular formula is C23H19N5O4. The van der Waals surface area contributed by atoms with Crippen molar-refractivity contribution < 1.29 is 19.0 Å². The molecule has 0 saturated heterocycles. The van der Waals surface area contributed by atoms with Gasteiger partial charge in [0.05, 0.1) is 6.33 Å². The first-order chi connectivity index (χ1) is 15.7. The number of anilines is 1. The number of fused-ring (bicyclic) bond motifs is 1. The van der Waals surface area contributed by atoms with Crippen LogP contribution in [0.3, 0.4) is 0 Å². The number of nitrogens with zero attached hydrogens (tertiary/aromatic N) is 4. The number of aromatic nitrogens is 4. The van der Waals surface area contributed by atoms with E-state index in [9.17, 15) is 4.79 Å². The minimum absolute atomic E-state index is 0.224. The molecule has 9 heteroatoms. The van der Waals surface area contributed by atoms with E-state index < -0.39 is 0 Å². The van der Waals surface area contributed by atoms with Crippen LogP contribution in [0.4, 0.5) is 5.82 Å². The summed E-state index contributed by atoms with van der Waals surface area (Å²) in [4.78, 5) is 24.8. The van der Waals surface area contributed by atoms with Gasteiger partial charge in [-0.2, -0.15) is 0 Å². The zero-order chi connectivity index (χ0) is 21.8. The quantitative estimate of drug-likeness (QED) is 0.481. The first-order valence-electron chi connectivity index (χ1n) is 9.92. The van der Waals surface area contributed by atoms with Crippen molar-refractivity contribution in [2.75, 3.05) is 12.1 Å². The third-order valence-electron chi connectivity index (χ3n) is 4.85. The maximum Gasteiger partial charge on any atom is 0.256 e. The fourth-order valence-corrected chi connectivity index (χ4v) is 3.22. The van der Waals surface area contributed by atoms with Crippen LogP contribution in [0.15, 0.2) is 73.6 Å². The second kappa shape index (κ2) is 8.76. The van der Waals surface area contributed by atoms with Crippen LogP contribution in [-0.2, 0) is 13.2 Å². The van der Waals surface area contributed by atoms with Crippen LogP contribution in [0.2, 0.25) is 0 Å². The minimum Gasteiger partial charge on any atom is -0.473 e. The SMILES string of the molecule is O=C(Nc1cc(OCc2ccc3c(c2)OCO3)ncn1)c1ccc(Cn2ccnc2)cc1. The second-order valence-corrected chi connectivity index (χ2v) is 7.10. The zero-order valence-electron chi connectivity index (χ0n) is 17.0. The van der Waals surface area contributed by atoms with Crippen molar-refractivity contribution in [2.45, 2.75) is 13.2 Å². The van der Waals surface area contributed by atoms with E-state index in [0.29, 0.717) is 36.2 Å². The standard InChI is InChI=1S/C23H19N5O4/c29-23(18-4-1-16(2-5-18)11-28-8-7-24-14-28)27-21-10-22(26-13-25-21)30-12-17-3-6-19-20(9-17)32-15-31-19/h1-10,13-14H,11-12,15H2,(H,25,26,27,29). The van der Waals surface area contributed by atoms with Gasteiger partial charge < -0.3 is 24.1 Å². The summed E-state index contributed by atoms with van der Waals surface area (Å²) in [5, 5.41) is 2.77. The highest BCUT2D eigenvalue weighted by Gasteiger charge is 2.14. The van der Waals surface area contributed by atoms with Crippen molar-refractivity contribution in [1.29, 1.82) is 0 Å². The molecule has 0 unspecified atom stereocenters.